The third-order valence-electron chi connectivity index (χ3n) is 3.00. The Balaban J connectivity index is 2.18. The zero-order valence-corrected chi connectivity index (χ0v) is 14.5. The molecule has 20 heavy (non-hydrogen) atoms. The lowest BCUT2D eigenvalue weighted by molar-refractivity contribution is 0.0774. The van der Waals surface area contributed by atoms with Crippen molar-refractivity contribution in [3.05, 3.63) is 38.5 Å². The molecule has 0 saturated carbocycles. The van der Waals surface area contributed by atoms with Crippen molar-refractivity contribution in [3.8, 4) is 0 Å². The van der Waals surface area contributed by atoms with E-state index in [1.165, 1.54) is 0 Å². The Kier molecular flexibility index (Phi) is 4.65. The first-order valence-electron chi connectivity index (χ1n) is 6.42. The normalized spacial score (nSPS) is 11.1. The molecule has 0 aliphatic rings. The fourth-order valence-corrected chi connectivity index (χ4v) is 3.31. The predicted molar refractivity (Wildman–Crippen MR) is 85.2 cm³/mol. The van der Waals surface area contributed by atoms with Crippen molar-refractivity contribution in [1.82, 2.24) is 14.5 Å². The first kappa shape index (κ1) is 15.3. The van der Waals surface area contributed by atoms with Crippen LogP contribution in [0.4, 0.5) is 0 Å². The van der Waals surface area contributed by atoms with Crippen LogP contribution in [0.25, 0.3) is 0 Å². The van der Waals surface area contributed by atoms with Crippen molar-refractivity contribution in [2.45, 2.75) is 33.4 Å². The predicted octanol–water partition coefficient (Wildman–Crippen LogP) is 3.87. The van der Waals surface area contributed by atoms with E-state index in [4.69, 9.17) is 0 Å². The van der Waals surface area contributed by atoms with Crippen LogP contribution in [0.3, 0.4) is 0 Å². The molecule has 108 valence electrons. The lowest BCUT2D eigenvalue weighted by atomic mass is 10.3. The molecule has 0 aromatic carbocycles. The summed E-state index contributed by atoms with van der Waals surface area (Å²) in [5.74, 6) is 0.0236. The summed E-state index contributed by atoms with van der Waals surface area (Å²) >= 11 is 5.06. The van der Waals surface area contributed by atoms with Crippen molar-refractivity contribution in [1.29, 1.82) is 0 Å². The first-order valence-corrected chi connectivity index (χ1v) is 8.03. The van der Waals surface area contributed by atoms with Crippen LogP contribution in [-0.4, -0.2) is 27.4 Å². The van der Waals surface area contributed by atoms with Gasteiger partial charge in [0.2, 0.25) is 0 Å². The minimum absolute atomic E-state index is 0.0236. The number of thiazole rings is 1. The van der Waals surface area contributed by atoms with E-state index in [2.05, 4.69) is 34.8 Å². The number of carbonyl (C=O) groups excluding carboxylic acids is 1. The highest BCUT2D eigenvalue weighted by atomic mass is 79.9. The maximum absolute atomic E-state index is 12.6. The van der Waals surface area contributed by atoms with E-state index in [1.807, 2.05) is 37.0 Å². The van der Waals surface area contributed by atoms with E-state index in [0.29, 0.717) is 12.2 Å². The van der Waals surface area contributed by atoms with Gasteiger partial charge in [0, 0.05) is 34.8 Å². The van der Waals surface area contributed by atoms with Gasteiger partial charge in [0.25, 0.3) is 5.91 Å². The number of hydrogen-bond acceptors (Lipinski definition) is 3. The second-order valence-electron chi connectivity index (χ2n) is 5.05. The monoisotopic (exact) mass is 355 g/mol. The molecule has 0 spiro atoms. The van der Waals surface area contributed by atoms with Gasteiger partial charge < -0.3 is 9.47 Å². The maximum atomic E-state index is 12.6. The van der Waals surface area contributed by atoms with Crippen LogP contribution in [-0.2, 0) is 6.54 Å². The van der Waals surface area contributed by atoms with Crippen molar-refractivity contribution in [3.63, 3.8) is 0 Å². The fraction of sp³-hybridized carbons (Fsp3) is 0.429. The Morgan fingerprint density at radius 1 is 1.55 bits per heavy atom. The number of hydrogen-bond donors (Lipinski definition) is 0. The fourth-order valence-electron chi connectivity index (χ4n) is 2.02. The number of nitrogens with zero attached hydrogens (tertiary/aromatic N) is 3. The average Bonchev–Trinajstić information content (AvgIpc) is 2.94. The number of rotatable bonds is 4. The molecule has 0 atom stereocenters. The van der Waals surface area contributed by atoms with Gasteiger partial charge >= 0.3 is 0 Å². The molecule has 1 amide bonds. The van der Waals surface area contributed by atoms with Gasteiger partial charge in [-0.15, -0.1) is 11.3 Å². The van der Waals surface area contributed by atoms with E-state index in [-0.39, 0.29) is 11.9 Å². The Bertz CT molecular complexity index is 618. The Hall–Kier alpha value is -1.14. The highest BCUT2D eigenvalue weighted by Gasteiger charge is 2.19. The van der Waals surface area contributed by atoms with Crippen LogP contribution in [0.15, 0.2) is 22.9 Å². The van der Waals surface area contributed by atoms with Crippen LogP contribution in [0.2, 0.25) is 0 Å². The molecule has 0 saturated heterocycles. The molecule has 2 heterocycles. The van der Waals surface area contributed by atoms with Crippen LogP contribution >= 0.6 is 27.3 Å². The Labute approximate surface area is 131 Å². The van der Waals surface area contributed by atoms with Crippen LogP contribution in [0, 0.1) is 6.92 Å². The molecule has 0 aliphatic carbocycles. The van der Waals surface area contributed by atoms with E-state index in [1.54, 1.807) is 16.2 Å². The van der Waals surface area contributed by atoms with Gasteiger partial charge in [-0.3, -0.25) is 4.79 Å². The summed E-state index contributed by atoms with van der Waals surface area (Å²) in [5.41, 5.74) is 0.704. The maximum Gasteiger partial charge on any atom is 0.270 e. The molecule has 0 aliphatic heterocycles. The number of amides is 1. The van der Waals surface area contributed by atoms with E-state index in [0.717, 1.165) is 14.4 Å². The van der Waals surface area contributed by atoms with E-state index in [9.17, 15) is 4.79 Å². The molecule has 2 aromatic rings. The number of aryl methyl sites for hydroxylation is 1. The molecule has 0 bridgehead atoms. The summed E-state index contributed by atoms with van der Waals surface area (Å²) in [5, 5.41) is 1.02. The highest BCUT2D eigenvalue weighted by Crippen LogP contribution is 2.21. The lowest BCUT2D eigenvalue weighted by Crippen LogP contribution is -2.28. The van der Waals surface area contributed by atoms with Crippen molar-refractivity contribution in [2.75, 3.05) is 7.05 Å². The van der Waals surface area contributed by atoms with E-state index >= 15 is 0 Å². The van der Waals surface area contributed by atoms with Gasteiger partial charge in [-0.25, -0.2) is 4.98 Å². The minimum Gasteiger partial charge on any atom is -0.340 e. The van der Waals surface area contributed by atoms with Gasteiger partial charge in [0.05, 0.1) is 11.6 Å². The second-order valence-corrected chi connectivity index (χ2v) is 7.29. The molecular formula is C14H18BrN3OS. The lowest BCUT2D eigenvalue weighted by Gasteiger charge is -2.19. The summed E-state index contributed by atoms with van der Waals surface area (Å²) in [6.07, 6.45) is 3.78. The van der Waals surface area contributed by atoms with Gasteiger partial charge in [0.1, 0.15) is 5.69 Å². The van der Waals surface area contributed by atoms with Crippen LogP contribution in [0.5, 0.6) is 0 Å². The molecule has 2 aromatic heterocycles. The summed E-state index contributed by atoms with van der Waals surface area (Å²) in [6.45, 7) is 6.69. The Morgan fingerprint density at radius 3 is 2.80 bits per heavy atom. The molecule has 6 heteroatoms. The highest BCUT2D eigenvalue weighted by molar-refractivity contribution is 9.10. The quantitative estimate of drug-likeness (QED) is 0.834. The molecule has 4 nitrogen and oxygen atoms in total. The molecular weight excluding hydrogens is 338 g/mol. The zero-order valence-electron chi connectivity index (χ0n) is 12.1. The smallest absolute Gasteiger partial charge is 0.270 e. The summed E-state index contributed by atoms with van der Waals surface area (Å²) in [6, 6.07) is 2.12. The second kappa shape index (κ2) is 6.10. The minimum atomic E-state index is 0.0236. The molecule has 0 fully saturated rings. The summed E-state index contributed by atoms with van der Waals surface area (Å²) in [7, 11) is 1.82. The largest absolute Gasteiger partial charge is 0.340 e. The van der Waals surface area contributed by atoms with Crippen LogP contribution < -0.4 is 0 Å². The molecule has 0 N–H and O–H groups in total. The van der Waals surface area contributed by atoms with Crippen LogP contribution in [0.1, 0.15) is 40.3 Å². The number of halogens is 1. The molecule has 0 unspecified atom stereocenters. The summed E-state index contributed by atoms with van der Waals surface area (Å²) < 4.78 is 2.91. The third-order valence-corrected chi connectivity index (χ3v) is 4.33. The van der Waals surface area contributed by atoms with E-state index < -0.39 is 0 Å². The van der Waals surface area contributed by atoms with Crippen molar-refractivity contribution < 1.29 is 4.79 Å². The zero-order chi connectivity index (χ0) is 14.9. The van der Waals surface area contributed by atoms with Gasteiger partial charge in [-0.2, -0.15) is 0 Å². The number of aromatic nitrogens is 2. The standard InChI is InChI=1S/C14H18BrN3OS/c1-9(2)18-7-11(15)5-13(18)14(19)17(4)8-12-6-16-10(3)20-12/h5-7,9H,8H2,1-4H3. The SMILES string of the molecule is Cc1ncc(CN(C)C(=O)c2cc(Br)cn2C(C)C)s1. The molecule has 2 rings (SSSR count). The molecule has 0 radical (unpaired) electrons. The van der Waals surface area contributed by atoms with Crippen molar-refractivity contribution >= 4 is 33.2 Å². The van der Waals surface area contributed by atoms with Crippen molar-refractivity contribution in [2.24, 2.45) is 0 Å². The summed E-state index contributed by atoms with van der Waals surface area (Å²) in [4.78, 5) is 19.6. The Morgan fingerprint density at radius 2 is 2.25 bits per heavy atom. The van der Waals surface area contributed by atoms with Gasteiger partial charge in [-0.1, -0.05) is 0 Å². The number of carbonyl (C=O) groups is 1. The topological polar surface area (TPSA) is 38.1 Å². The third kappa shape index (κ3) is 3.30. The van der Waals surface area contributed by atoms with Gasteiger partial charge in [-0.05, 0) is 42.8 Å². The van der Waals surface area contributed by atoms with Gasteiger partial charge in [0.15, 0.2) is 0 Å². The first-order chi connectivity index (χ1) is 9.38. The average molecular weight is 356 g/mol.